The highest BCUT2D eigenvalue weighted by molar-refractivity contribution is 5.85. The summed E-state index contributed by atoms with van der Waals surface area (Å²) in [5, 5.41) is 0. The number of hydrogen-bond donors (Lipinski definition) is 0. The van der Waals surface area contributed by atoms with Gasteiger partial charge >= 0.3 is 0 Å². The Labute approximate surface area is 182 Å². The highest BCUT2D eigenvalue weighted by Crippen LogP contribution is 2.10. The minimum Gasteiger partial charge on any atom is -0.302 e. The van der Waals surface area contributed by atoms with E-state index in [1.807, 2.05) is 0 Å². The Balaban J connectivity index is 0.00000729. The molecule has 0 aliphatic heterocycles. The van der Waals surface area contributed by atoms with Crippen molar-refractivity contribution in [2.75, 3.05) is 13.6 Å². The molecule has 1 nitrogen and oxygen atoms in total. The maximum atomic E-state index is 2.45. The van der Waals surface area contributed by atoms with Gasteiger partial charge in [0.2, 0.25) is 0 Å². The summed E-state index contributed by atoms with van der Waals surface area (Å²) in [6, 6.07) is 10.8. The van der Waals surface area contributed by atoms with Crippen molar-refractivity contribution in [3.05, 3.63) is 48.0 Å². The van der Waals surface area contributed by atoms with Crippen LogP contribution in [0.25, 0.3) is 0 Å². The van der Waals surface area contributed by atoms with Crippen molar-refractivity contribution < 1.29 is 0 Å². The first kappa shape index (κ1) is 27.2. The molecule has 0 spiro atoms. The second-order valence-electron chi connectivity index (χ2n) is 8.16. The number of allylic oxidation sites excluding steroid dienone is 2. The molecule has 1 aromatic carbocycles. The molecular formula is C26H46ClN. The topological polar surface area (TPSA) is 3.24 Å². The minimum atomic E-state index is 0. The van der Waals surface area contributed by atoms with Crippen molar-refractivity contribution in [3.8, 4) is 0 Å². The van der Waals surface area contributed by atoms with Crippen LogP contribution in [0.4, 0.5) is 0 Å². The standard InChI is InChI=1S/C26H45N.ClH/c1-3-4-5-6-7-8-9-10-11-12-13-14-15-16-17-21-24-27(2)25-26-22-19-18-20-23-26;/h10-11,18-20,22-23H,3-9,12-17,21,24-25H2,1-2H3;1H/b11-10-;. The Bertz CT molecular complexity index is 443. The lowest BCUT2D eigenvalue weighted by molar-refractivity contribution is 0.316. The van der Waals surface area contributed by atoms with E-state index in [0.29, 0.717) is 0 Å². The lowest BCUT2D eigenvalue weighted by atomic mass is 10.1. The second-order valence-corrected chi connectivity index (χ2v) is 8.16. The van der Waals surface area contributed by atoms with Crippen LogP contribution in [0, 0.1) is 0 Å². The minimum absolute atomic E-state index is 0. The van der Waals surface area contributed by atoms with Crippen LogP contribution in [-0.2, 0) is 6.54 Å². The maximum absolute atomic E-state index is 2.45. The summed E-state index contributed by atoms with van der Waals surface area (Å²) in [4.78, 5) is 2.45. The van der Waals surface area contributed by atoms with Crippen LogP contribution in [0.1, 0.15) is 102 Å². The van der Waals surface area contributed by atoms with Gasteiger partial charge in [0, 0.05) is 6.54 Å². The van der Waals surface area contributed by atoms with Gasteiger partial charge in [-0.3, -0.25) is 0 Å². The fourth-order valence-corrected chi connectivity index (χ4v) is 3.60. The Kier molecular flexibility index (Phi) is 20.3. The van der Waals surface area contributed by atoms with E-state index in [1.165, 1.54) is 102 Å². The largest absolute Gasteiger partial charge is 0.302 e. The fraction of sp³-hybridized carbons (Fsp3) is 0.692. The van der Waals surface area contributed by atoms with Crippen LogP contribution in [0.15, 0.2) is 42.5 Å². The van der Waals surface area contributed by atoms with Crippen molar-refractivity contribution in [2.45, 2.75) is 103 Å². The zero-order valence-electron chi connectivity index (χ0n) is 18.7. The molecular weight excluding hydrogens is 362 g/mol. The van der Waals surface area contributed by atoms with E-state index in [4.69, 9.17) is 0 Å². The molecule has 162 valence electrons. The first-order valence-electron chi connectivity index (χ1n) is 11.7. The SMILES string of the molecule is CCCCCCCC/C=C\CCCCCCCCN(C)Cc1ccccc1.Cl. The normalized spacial score (nSPS) is 11.2. The van der Waals surface area contributed by atoms with Crippen LogP contribution in [0.5, 0.6) is 0 Å². The molecule has 0 atom stereocenters. The summed E-state index contributed by atoms with van der Waals surface area (Å²) in [5.41, 5.74) is 1.42. The van der Waals surface area contributed by atoms with Crippen LogP contribution >= 0.6 is 12.4 Å². The molecule has 0 saturated heterocycles. The molecule has 0 bridgehead atoms. The van der Waals surface area contributed by atoms with Crippen molar-refractivity contribution >= 4 is 12.4 Å². The molecule has 0 radical (unpaired) electrons. The molecule has 1 rings (SSSR count). The van der Waals surface area contributed by atoms with E-state index in [0.717, 1.165) is 6.54 Å². The lowest BCUT2D eigenvalue weighted by Gasteiger charge is -2.16. The molecule has 2 heteroatoms. The Morgan fingerprint density at radius 2 is 1.18 bits per heavy atom. The molecule has 28 heavy (non-hydrogen) atoms. The molecule has 0 saturated carbocycles. The summed E-state index contributed by atoms with van der Waals surface area (Å²) < 4.78 is 0. The van der Waals surface area contributed by atoms with Gasteiger partial charge in [0.15, 0.2) is 0 Å². The van der Waals surface area contributed by atoms with Gasteiger partial charge in [-0.05, 0) is 51.3 Å². The molecule has 0 heterocycles. The van der Waals surface area contributed by atoms with Gasteiger partial charge in [0.25, 0.3) is 0 Å². The van der Waals surface area contributed by atoms with E-state index < -0.39 is 0 Å². The number of unbranched alkanes of at least 4 members (excludes halogenated alkanes) is 12. The quantitative estimate of drug-likeness (QED) is 0.174. The Hall–Kier alpha value is -0.790. The third-order valence-corrected chi connectivity index (χ3v) is 5.35. The predicted octanol–water partition coefficient (Wildman–Crippen LogP) is 8.58. The average Bonchev–Trinajstić information content (AvgIpc) is 2.68. The van der Waals surface area contributed by atoms with Crippen LogP contribution in [0.2, 0.25) is 0 Å². The molecule has 1 aromatic rings. The summed E-state index contributed by atoms with van der Waals surface area (Å²) in [7, 11) is 2.24. The number of halogens is 1. The molecule has 0 aliphatic rings. The first-order chi connectivity index (χ1) is 13.3. The number of benzene rings is 1. The highest BCUT2D eigenvalue weighted by Gasteiger charge is 1.99. The molecule has 0 fully saturated rings. The van der Waals surface area contributed by atoms with Gasteiger partial charge in [0.05, 0.1) is 0 Å². The van der Waals surface area contributed by atoms with Crippen LogP contribution < -0.4 is 0 Å². The van der Waals surface area contributed by atoms with E-state index in [2.05, 4.69) is 61.4 Å². The number of rotatable bonds is 18. The van der Waals surface area contributed by atoms with E-state index >= 15 is 0 Å². The van der Waals surface area contributed by atoms with Gasteiger partial charge < -0.3 is 4.90 Å². The van der Waals surface area contributed by atoms with Gasteiger partial charge in [-0.25, -0.2) is 0 Å². The lowest BCUT2D eigenvalue weighted by Crippen LogP contribution is -2.18. The van der Waals surface area contributed by atoms with Crippen molar-refractivity contribution in [1.29, 1.82) is 0 Å². The third kappa shape index (κ3) is 17.3. The summed E-state index contributed by atoms with van der Waals surface area (Å²) in [5.74, 6) is 0. The average molecular weight is 408 g/mol. The number of hydrogen-bond acceptors (Lipinski definition) is 1. The second kappa shape index (κ2) is 20.9. The van der Waals surface area contributed by atoms with E-state index in [-0.39, 0.29) is 12.4 Å². The van der Waals surface area contributed by atoms with E-state index in [1.54, 1.807) is 0 Å². The van der Waals surface area contributed by atoms with Crippen LogP contribution in [-0.4, -0.2) is 18.5 Å². The van der Waals surface area contributed by atoms with Crippen molar-refractivity contribution in [2.24, 2.45) is 0 Å². The zero-order chi connectivity index (χ0) is 19.4. The van der Waals surface area contributed by atoms with Gasteiger partial charge in [-0.1, -0.05) is 107 Å². The molecule has 0 N–H and O–H groups in total. The van der Waals surface area contributed by atoms with Crippen LogP contribution in [0.3, 0.4) is 0 Å². The predicted molar refractivity (Wildman–Crippen MR) is 129 cm³/mol. The fourth-order valence-electron chi connectivity index (χ4n) is 3.60. The molecule has 0 amide bonds. The van der Waals surface area contributed by atoms with Crippen molar-refractivity contribution in [3.63, 3.8) is 0 Å². The zero-order valence-corrected chi connectivity index (χ0v) is 19.5. The first-order valence-corrected chi connectivity index (χ1v) is 11.7. The molecule has 0 unspecified atom stereocenters. The monoisotopic (exact) mass is 407 g/mol. The molecule has 0 aliphatic carbocycles. The molecule has 0 aromatic heterocycles. The third-order valence-electron chi connectivity index (χ3n) is 5.35. The van der Waals surface area contributed by atoms with Gasteiger partial charge in [-0.2, -0.15) is 0 Å². The van der Waals surface area contributed by atoms with E-state index in [9.17, 15) is 0 Å². The summed E-state index contributed by atoms with van der Waals surface area (Å²) in [6.07, 6.45) is 24.2. The smallest absolute Gasteiger partial charge is 0.0230 e. The maximum Gasteiger partial charge on any atom is 0.0230 e. The van der Waals surface area contributed by atoms with Gasteiger partial charge in [0.1, 0.15) is 0 Å². The summed E-state index contributed by atoms with van der Waals surface area (Å²) in [6.45, 7) is 4.58. The Morgan fingerprint density at radius 3 is 1.75 bits per heavy atom. The summed E-state index contributed by atoms with van der Waals surface area (Å²) >= 11 is 0. The highest BCUT2D eigenvalue weighted by atomic mass is 35.5. The number of nitrogens with zero attached hydrogens (tertiary/aromatic N) is 1. The van der Waals surface area contributed by atoms with Gasteiger partial charge in [-0.15, -0.1) is 12.4 Å². The Morgan fingerprint density at radius 1 is 0.679 bits per heavy atom. The van der Waals surface area contributed by atoms with Crippen molar-refractivity contribution in [1.82, 2.24) is 4.90 Å².